The van der Waals surface area contributed by atoms with Crippen LogP contribution in [0.3, 0.4) is 0 Å². The van der Waals surface area contributed by atoms with Crippen LogP contribution in [0.4, 0.5) is 20.6 Å². The van der Waals surface area contributed by atoms with Crippen LogP contribution in [-0.4, -0.2) is 74.1 Å². The Bertz CT molecular complexity index is 1700. The number of amides is 2. The summed E-state index contributed by atoms with van der Waals surface area (Å²) in [5.74, 6) is -1.22. The molecule has 4 aromatic rings. The Kier molecular flexibility index (Phi) is 7.31. The maximum absolute atomic E-state index is 15.1. The number of fused-ring (bicyclic) bond motifs is 2. The summed E-state index contributed by atoms with van der Waals surface area (Å²) in [6, 6.07) is 3.99. The smallest absolute Gasteiger partial charge is 0.410 e. The first-order chi connectivity index (χ1) is 20.5. The van der Waals surface area contributed by atoms with Crippen molar-refractivity contribution in [3.63, 3.8) is 0 Å². The van der Waals surface area contributed by atoms with Gasteiger partial charge in [0.25, 0.3) is 5.91 Å². The summed E-state index contributed by atoms with van der Waals surface area (Å²) in [6.45, 7) is 8.90. The molecule has 11 nitrogen and oxygen atoms in total. The molecule has 43 heavy (non-hydrogen) atoms. The number of carbonyl (C=O) groups is 2. The molecule has 226 valence electrons. The highest BCUT2D eigenvalue weighted by Gasteiger charge is 2.41. The molecule has 1 aromatic carbocycles. The maximum Gasteiger partial charge on any atom is 0.410 e. The predicted octanol–water partition coefficient (Wildman–Crippen LogP) is 5.35. The van der Waals surface area contributed by atoms with Crippen LogP contribution in [-0.2, 0) is 4.74 Å². The van der Waals surface area contributed by atoms with Crippen molar-refractivity contribution in [2.75, 3.05) is 30.4 Å². The topological polar surface area (TPSA) is 114 Å². The zero-order valence-corrected chi connectivity index (χ0v) is 25.1. The number of aromatic nitrogens is 4. The lowest BCUT2D eigenvalue weighted by atomic mass is 10.0. The van der Waals surface area contributed by atoms with Gasteiger partial charge in [-0.1, -0.05) is 0 Å². The first-order valence-electron chi connectivity index (χ1n) is 14.6. The second-order valence-electron chi connectivity index (χ2n) is 12.2. The van der Waals surface area contributed by atoms with Gasteiger partial charge in [-0.25, -0.2) is 19.7 Å². The summed E-state index contributed by atoms with van der Waals surface area (Å²) < 4.78 is 27.7. The molecule has 1 saturated carbocycles. The van der Waals surface area contributed by atoms with Gasteiger partial charge < -0.3 is 29.0 Å². The highest BCUT2D eigenvalue weighted by atomic mass is 19.1. The second-order valence-corrected chi connectivity index (χ2v) is 12.2. The standard InChI is InChI=1S/C31H36FN7O4/c1-18-15-38-16-23(27(42-5)25(32)28(38)35-18)36-29(40)21-8-9-24(22-14-33-17-34-26(21)22)37-12-10-20(11-13-37)39(19-6-7-19)30(41)43-31(2,3)4/h8-9,14-17,19-20H,6-7,10-13H2,1-5H3,(H,36,40). The summed E-state index contributed by atoms with van der Waals surface area (Å²) >= 11 is 0. The SMILES string of the molecule is COc1c(NC(=O)c2ccc(N3CCC(N(C(=O)OC(C)(C)C)C4CC4)CC3)c3cncnc23)cn2cc(C)nc2c1F. The van der Waals surface area contributed by atoms with Crippen molar-refractivity contribution in [3.05, 3.63) is 54.1 Å². The average molecular weight is 590 g/mol. The molecule has 1 aliphatic carbocycles. The Morgan fingerprint density at radius 3 is 2.49 bits per heavy atom. The fraction of sp³-hybridized carbons (Fsp3) is 0.452. The van der Waals surface area contributed by atoms with Crippen molar-refractivity contribution in [2.45, 2.75) is 71.1 Å². The molecule has 2 fully saturated rings. The Hall–Kier alpha value is -4.48. The number of nitrogens with one attached hydrogen (secondary N) is 1. The van der Waals surface area contributed by atoms with Crippen molar-refractivity contribution >= 4 is 39.9 Å². The van der Waals surface area contributed by atoms with Gasteiger partial charge in [-0.2, -0.15) is 4.39 Å². The van der Waals surface area contributed by atoms with Crippen molar-refractivity contribution < 1.29 is 23.5 Å². The molecular weight excluding hydrogens is 553 g/mol. The molecule has 0 radical (unpaired) electrons. The van der Waals surface area contributed by atoms with E-state index in [0.29, 0.717) is 16.8 Å². The second kappa shape index (κ2) is 11.0. The summed E-state index contributed by atoms with van der Waals surface area (Å²) in [5, 5.41) is 3.53. The van der Waals surface area contributed by atoms with Crippen molar-refractivity contribution in [3.8, 4) is 5.75 Å². The Morgan fingerprint density at radius 1 is 1.09 bits per heavy atom. The number of carbonyl (C=O) groups excluding carboxylic acids is 2. The summed E-state index contributed by atoms with van der Waals surface area (Å²) in [5.41, 5.74) is 2.11. The Labute approximate surface area is 249 Å². The van der Waals surface area contributed by atoms with Gasteiger partial charge in [-0.05, 0) is 65.5 Å². The van der Waals surface area contributed by atoms with E-state index in [-0.39, 0.29) is 35.3 Å². The van der Waals surface area contributed by atoms with E-state index < -0.39 is 17.3 Å². The van der Waals surface area contributed by atoms with Crippen LogP contribution in [0.5, 0.6) is 5.75 Å². The number of aryl methyl sites for hydroxylation is 1. The summed E-state index contributed by atoms with van der Waals surface area (Å²) in [7, 11) is 1.35. The minimum Gasteiger partial charge on any atom is -0.491 e. The zero-order chi connectivity index (χ0) is 30.5. The van der Waals surface area contributed by atoms with Gasteiger partial charge >= 0.3 is 6.09 Å². The van der Waals surface area contributed by atoms with Crippen LogP contribution in [0.15, 0.2) is 37.1 Å². The summed E-state index contributed by atoms with van der Waals surface area (Å²) in [6.07, 6.45) is 9.75. The van der Waals surface area contributed by atoms with Crippen LogP contribution < -0.4 is 15.0 Å². The fourth-order valence-electron chi connectivity index (χ4n) is 5.84. The number of piperidine rings is 1. The fourth-order valence-corrected chi connectivity index (χ4v) is 5.84. The third-order valence-electron chi connectivity index (χ3n) is 7.85. The molecule has 1 N–H and O–H groups in total. The lowest BCUT2D eigenvalue weighted by Crippen LogP contribution is -2.50. The molecule has 1 saturated heterocycles. The van der Waals surface area contributed by atoms with Crippen molar-refractivity contribution in [1.29, 1.82) is 0 Å². The molecule has 12 heteroatoms. The Balaban J connectivity index is 1.23. The molecule has 3 aromatic heterocycles. The number of rotatable bonds is 6. The van der Waals surface area contributed by atoms with E-state index in [4.69, 9.17) is 9.47 Å². The maximum atomic E-state index is 15.1. The normalized spacial score (nSPS) is 16.0. The monoisotopic (exact) mass is 589 g/mol. The van der Waals surface area contributed by atoms with Gasteiger partial charge in [0.05, 0.1) is 23.9 Å². The first-order valence-corrected chi connectivity index (χ1v) is 14.6. The highest BCUT2D eigenvalue weighted by molar-refractivity contribution is 6.14. The molecule has 6 rings (SSSR count). The number of ether oxygens (including phenoxy) is 2. The number of hydrogen-bond acceptors (Lipinski definition) is 8. The number of anilines is 2. The van der Waals surface area contributed by atoms with Gasteiger partial charge in [0.1, 0.15) is 17.6 Å². The minimum atomic E-state index is -0.661. The number of hydrogen-bond donors (Lipinski definition) is 1. The number of nitrogens with zero attached hydrogens (tertiary/aromatic N) is 6. The predicted molar refractivity (Wildman–Crippen MR) is 160 cm³/mol. The summed E-state index contributed by atoms with van der Waals surface area (Å²) in [4.78, 5) is 43.7. The number of benzene rings is 1. The van der Waals surface area contributed by atoms with E-state index in [1.165, 1.54) is 17.8 Å². The molecule has 0 atom stereocenters. The van der Waals surface area contributed by atoms with Crippen LogP contribution in [0.1, 0.15) is 62.5 Å². The number of halogens is 1. The molecule has 0 unspecified atom stereocenters. The quantitative estimate of drug-likeness (QED) is 0.320. The average Bonchev–Trinajstić information content (AvgIpc) is 3.72. The molecule has 0 spiro atoms. The lowest BCUT2D eigenvalue weighted by molar-refractivity contribution is 0.0114. The molecule has 1 aliphatic heterocycles. The van der Waals surface area contributed by atoms with E-state index in [1.807, 2.05) is 31.7 Å². The van der Waals surface area contributed by atoms with Crippen molar-refractivity contribution in [2.24, 2.45) is 0 Å². The third kappa shape index (κ3) is 5.65. The van der Waals surface area contributed by atoms with Crippen LogP contribution in [0.2, 0.25) is 0 Å². The van der Waals surface area contributed by atoms with Gasteiger partial charge in [-0.15, -0.1) is 0 Å². The lowest BCUT2D eigenvalue weighted by Gasteiger charge is -2.40. The first kappa shape index (κ1) is 28.6. The van der Waals surface area contributed by atoms with Gasteiger partial charge in [0.15, 0.2) is 11.4 Å². The molecule has 2 aliphatic rings. The zero-order valence-electron chi connectivity index (χ0n) is 25.1. The van der Waals surface area contributed by atoms with Crippen LogP contribution in [0.25, 0.3) is 16.6 Å². The minimum absolute atomic E-state index is 0.100. The van der Waals surface area contributed by atoms with E-state index in [0.717, 1.165) is 49.8 Å². The van der Waals surface area contributed by atoms with Gasteiger partial charge in [0.2, 0.25) is 5.82 Å². The van der Waals surface area contributed by atoms with E-state index in [2.05, 4.69) is 25.2 Å². The van der Waals surface area contributed by atoms with Crippen LogP contribution >= 0.6 is 0 Å². The molecular formula is C31H36FN7O4. The number of pyridine rings is 1. The highest BCUT2D eigenvalue weighted by Crippen LogP contribution is 2.36. The number of methoxy groups -OCH3 is 1. The van der Waals surface area contributed by atoms with E-state index >= 15 is 4.39 Å². The molecule has 0 bridgehead atoms. The van der Waals surface area contributed by atoms with Crippen molar-refractivity contribution in [1.82, 2.24) is 24.3 Å². The van der Waals surface area contributed by atoms with Gasteiger partial charge in [-0.3, -0.25) is 4.79 Å². The molecule has 4 heterocycles. The largest absolute Gasteiger partial charge is 0.491 e. The van der Waals surface area contributed by atoms with E-state index in [9.17, 15) is 9.59 Å². The molecule has 2 amide bonds. The number of imidazole rings is 1. The van der Waals surface area contributed by atoms with Crippen LogP contribution in [0, 0.1) is 12.7 Å². The van der Waals surface area contributed by atoms with E-state index in [1.54, 1.807) is 31.6 Å². The third-order valence-corrected chi connectivity index (χ3v) is 7.85. The van der Waals surface area contributed by atoms with Gasteiger partial charge in [0, 0.05) is 54.8 Å². The Morgan fingerprint density at radius 2 is 1.81 bits per heavy atom.